The summed E-state index contributed by atoms with van der Waals surface area (Å²) in [6, 6.07) is 11.2. The number of rotatable bonds is 18. The molecule has 0 unspecified atom stereocenters. The van der Waals surface area contributed by atoms with Gasteiger partial charge in [0, 0.05) is 83.0 Å². The number of aromatic nitrogens is 9. The SMILES string of the molecule is CCCC(=O)NC(C)(C)C.CCC[CH2][Sn]([CH2]CCC)([CH2]CCC)[c]1ncccn1.CN(CC(=O)CC(C)(C)C)c1cc(-c2ncccn2)nc2c1CCC2.Clc1cc(-c2ncccn2)nc2c1CCC2.Clc1cc(Cl)c2c(n1)CCC2.O=CO. The quantitative estimate of drug-likeness (QED) is 0.0467. The number of aryl methyl sites for hydroxylation is 3. The number of carboxylic acid groups (broad SMARTS) is 1. The Hall–Kier alpha value is -5.23. The van der Waals surface area contributed by atoms with Gasteiger partial charge in [0.25, 0.3) is 6.47 Å². The van der Waals surface area contributed by atoms with Crippen molar-refractivity contribution in [1.82, 2.24) is 50.2 Å². The van der Waals surface area contributed by atoms with E-state index in [1.54, 1.807) is 43.0 Å². The number of amides is 1. The Kier molecular flexibility index (Phi) is 31.1. The third kappa shape index (κ3) is 24.3. The molecule has 0 spiro atoms. The Balaban J connectivity index is 0.000000231. The molecule has 0 bridgehead atoms. The molecular formula is C65H92Cl3N11O4Sn. The van der Waals surface area contributed by atoms with Crippen molar-refractivity contribution in [1.29, 1.82) is 0 Å². The minimum atomic E-state index is -2.32. The van der Waals surface area contributed by atoms with Crippen molar-refractivity contribution in [2.24, 2.45) is 5.41 Å². The van der Waals surface area contributed by atoms with Gasteiger partial charge in [-0.25, -0.2) is 34.9 Å². The number of carbonyl (C=O) groups is 3. The first-order valence-corrected chi connectivity index (χ1v) is 38.7. The summed E-state index contributed by atoms with van der Waals surface area (Å²) in [4.78, 5) is 73.7. The average molecular weight is 1320 g/mol. The van der Waals surface area contributed by atoms with Gasteiger partial charge in [-0.3, -0.25) is 14.4 Å². The van der Waals surface area contributed by atoms with E-state index in [-0.39, 0.29) is 29.1 Å². The third-order valence-corrected chi connectivity index (χ3v) is 29.7. The zero-order valence-corrected chi connectivity index (χ0v) is 57.0. The van der Waals surface area contributed by atoms with Crippen LogP contribution in [0.2, 0.25) is 28.5 Å². The van der Waals surface area contributed by atoms with E-state index in [4.69, 9.17) is 59.7 Å². The summed E-state index contributed by atoms with van der Waals surface area (Å²) in [5.41, 5.74) is 9.55. The van der Waals surface area contributed by atoms with Gasteiger partial charge in [0.2, 0.25) is 5.91 Å². The molecule has 6 aromatic heterocycles. The van der Waals surface area contributed by atoms with Gasteiger partial charge in [-0.2, -0.15) is 0 Å². The first kappa shape index (κ1) is 71.3. The van der Waals surface area contributed by atoms with Crippen LogP contribution in [0.25, 0.3) is 23.0 Å². The Bertz CT molecular complexity index is 2930. The molecule has 0 atom stereocenters. The molecular weight excluding hydrogens is 1220 g/mol. The van der Waals surface area contributed by atoms with Crippen LogP contribution in [0.5, 0.6) is 0 Å². The van der Waals surface area contributed by atoms with Crippen molar-refractivity contribution in [3.63, 3.8) is 0 Å². The molecule has 6 aromatic rings. The fourth-order valence-electron chi connectivity index (χ4n) is 10.4. The van der Waals surface area contributed by atoms with E-state index >= 15 is 0 Å². The number of likely N-dealkylation sites (N-methyl/N-ethyl adjacent to an activating group) is 1. The van der Waals surface area contributed by atoms with Gasteiger partial charge < -0.3 is 15.3 Å². The number of nitrogens with zero attached hydrogens (tertiary/aromatic N) is 10. The second kappa shape index (κ2) is 36.7. The number of carbonyl (C=O) groups excluding carboxylic acids is 2. The van der Waals surface area contributed by atoms with Gasteiger partial charge in [-0.15, -0.1) is 0 Å². The zero-order chi connectivity index (χ0) is 61.7. The van der Waals surface area contributed by atoms with Crippen LogP contribution in [-0.2, 0) is 52.9 Å². The molecule has 2 N–H and O–H groups in total. The molecule has 3 aliphatic rings. The van der Waals surface area contributed by atoms with Gasteiger partial charge in [-0.1, -0.05) is 62.5 Å². The number of fused-ring (bicyclic) bond motifs is 3. The summed E-state index contributed by atoms with van der Waals surface area (Å²) in [5, 5.41) is 11.9. The van der Waals surface area contributed by atoms with Crippen molar-refractivity contribution < 1.29 is 19.5 Å². The van der Waals surface area contributed by atoms with Crippen LogP contribution in [0, 0.1) is 5.41 Å². The number of unbranched alkanes of at least 4 members (excludes halogenated alkanes) is 3. The molecule has 0 saturated heterocycles. The van der Waals surface area contributed by atoms with Gasteiger partial charge in [0.1, 0.15) is 16.5 Å². The van der Waals surface area contributed by atoms with Crippen LogP contribution in [0.15, 0.2) is 73.6 Å². The number of nitrogens with one attached hydrogen (secondary N) is 1. The minimum absolute atomic E-state index is 0.0150. The van der Waals surface area contributed by atoms with E-state index in [1.165, 1.54) is 72.4 Å². The maximum atomic E-state index is 12.4. The van der Waals surface area contributed by atoms with Crippen molar-refractivity contribution in [2.45, 2.75) is 204 Å². The van der Waals surface area contributed by atoms with Crippen molar-refractivity contribution in [3.05, 3.63) is 123 Å². The first-order valence-electron chi connectivity index (χ1n) is 30.1. The maximum Gasteiger partial charge on any atom is 0.290 e. The van der Waals surface area contributed by atoms with Crippen molar-refractivity contribution in [2.75, 3.05) is 18.5 Å². The smallest absolute Gasteiger partial charge is 0.290 e. The standard InChI is InChI=1S/C20H26N4O.C12H10ClN3.C8H7Cl2N.C8H17NO.C4H3N2.3C4H9.CH2O2.Sn/c1-20(2,3)12-14(25)13-24(4)18-11-17(19-21-9-6-10-22-19)23-16-8-5-7-15(16)18;13-9-7-11(12-14-5-2-6-15-12)16-10-4-1-3-8(9)10;9-6-4-8(10)11-7-3-1-2-5(6)7;1-5-6-7(10)9-8(2,3)4;1-2-5-4-6-3-1;3*1-3-4-2;2-1-3;/h6,9-11H,5,7-8,12-13H2,1-4H3;2,5-7H,1,3-4H2;4H,1-3H2;5-6H2,1-4H3,(H,9,10);1-3H;3*1,3-4H2,2H3;1H,(H,2,3);. The molecule has 84 heavy (non-hydrogen) atoms. The number of Topliss-reactive ketones (excluding diaryl/α,β-unsaturated/α-hetero) is 1. The van der Waals surface area contributed by atoms with Crippen LogP contribution in [0.3, 0.4) is 0 Å². The van der Waals surface area contributed by atoms with Crippen LogP contribution in [0.4, 0.5) is 5.69 Å². The topological polar surface area (TPSA) is 203 Å². The molecule has 0 aliphatic heterocycles. The molecule has 0 radical (unpaired) electrons. The monoisotopic (exact) mass is 1320 g/mol. The van der Waals surface area contributed by atoms with Gasteiger partial charge in [0.05, 0.1) is 6.54 Å². The minimum Gasteiger partial charge on any atom is -0.483 e. The molecule has 3 aliphatic carbocycles. The van der Waals surface area contributed by atoms with Gasteiger partial charge >= 0.3 is 123 Å². The van der Waals surface area contributed by atoms with Gasteiger partial charge in [0.15, 0.2) is 17.4 Å². The molecule has 0 fully saturated rings. The predicted octanol–water partition coefficient (Wildman–Crippen LogP) is 15.0. The predicted molar refractivity (Wildman–Crippen MR) is 346 cm³/mol. The van der Waals surface area contributed by atoms with E-state index in [2.05, 4.69) is 81.7 Å². The molecule has 6 heterocycles. The second-order valence-corrected chi connectivity index (χ2v) is 37.9. The fraction of sp³-hybridized carbons (Fsp3) is 0.538. The summed E-state index contributed by atoms with van der Waals surface area (Å²) in [6.07, 6.45) is 30.5. The van der Waals surface area contributed by atoms with E-state index < -0.39 is 18.4 Å². The summed E-state index contributed by atoms with van der Waals surface area (Å²) in [7, 11) is 1.99. The number of hydrogen-bond donors (Lipinski definition) is 2. The van der Waals surface area contributed by atoms with Crippen molar-refractivity contribution >= 4 is 80.9 Å². The number of hydrogen-bond acceptors (Lipinski definition) is 13. The molecule has 0 saturated carbocycles. The number of pyridine rings is 3. The fourth-order valence-corrected chi connectivity index (χ4v) is 26.2. The number of anilines is 1. The molecule has 456 valence electrons. The maximum absolute atomic E-state index is 12.4. The van der Waals surface area contributed by atoms with Gasteiger partial charge in [-0.05, 0) is 137 Å². The Morgan fingerprint density at radius 1 is 0.607 bits per heavy atom. The zero-order valence-electron chi connectivity index (χ0n) is 51.8. The molecule has 19 heteroatoms. The van der Waals surface area contributed by atoms with Crippen LogP contribution >= 0.6 is 34.8 Å². The second-order valence-electron chi connectivity index (χ2n) is 23.9. The molecule has 1 amide bonds. The first-order chi connectivity index (χ1) is 40.1. The number of halogens is 3. The number of ketones is 1. The summed E-state index contributed by atoms with van der Waals surface area (Å²) < 4.78 is 5.66. The Morgan fingerprint density at radius 2 is 1.02 bits per heavy atom. The summed E-state index contributed by atoms with van der Waals surface area (Å²) in [5.74, 6) is 1.68. The van der Waals surface area contributed by atoms with E-state index in [0.717, 1.165) is 108 Å². The van der Waals surface area contributed by atoms with Crippen molar-refractivity contribution in [3.8, 4) is 23.0 Å². The average Bonchev–Trinajstić information content (AvgIpc) is 4.10. The van der Waals surface area contributed by atoms with E-state index in [1.807, 2.05) is 65.3 Å². The van der Waals surface area contributed by atoms with Crippen LogP contribution < -0.4 is 14.1 Å². The molecule has 15 nitrogen and oxygen atoms in total. The third-order valence-electron chi connectivity index (χ3n) is 14.2. The Labute approximate surface area is 520 Å². The molecule has 9 rings (SSSR count). The molecule has 0 aromatic carbocycles. The summed E-state index contributed by atoms with van der Waals surface area (Å²) in [6.45, 7) is 21.3. The normalized spacial score (nSPS) is 12.8. The summed E-state index contributed by atoms with van der Waals surface area (Å²) >= 11 is 15.6. The van der Waals surface area contributed by atoms with E-state index in [9.17, 15) is 9.59 Å². The van der Waals surface area contributed by atoms with Crippen LogP contribution in [0.1, 0.15) is 180 Å². The Morgan fingerprint density at radius 3 is 1.46 bits per heavy atom. The van der Waals surface area contributed by atoms with E-state index in [0.29, 0.717) is 36.2 Å². The van der Waals surface area contributed by atoms with Crippen LogP contribution in [-0.4, -0.2) is 106 Å². The largest absolute Gasteiger partial charge is 0.483 e.